The molecular weight excluding hydrogens is 336 g/mol. The molecule has 3 nitrogen and oxygen atoms in total. The summed E-state index contributed by atoms with van der Waals surface area (Å²) in [4.78, 5) is 4.13. The number of hydrogen-bond donors (Lipinski definition) is 1. The molecule has 1 heterocycles. The first kappa shape index (κ1) is 11.8. The van der Waals surface area contributed by atoms with E-state index in [-0.39, 0.29) is 6.04 Å². The van der Waals surface area contributed by atoms with Gasteiger partial charge in [0.1, 0.15) is 0 Å². The van der Waals surface area contributed by atoms with E-state index in [1.807, 2.05) is 25.1 Å². The largest absolute Gasteiger partial charge is 0.439 e. The van der Waals surface area contributed by atoms with Crippen LogP contribution in [-0.4, -0.2) is 4.98 Å². The average Bonchev–Trinajstić information content (AvgIpc) is 2.64. The zero-order valence-corrected chi connectivity index (χ0v) is 11.7. The average molecular weight is 346 g/mol. The van der Waals surface area contributed by atoms with Crippen LogP contribution < -0.4 is 5.73 Å². The topological polar surface area (TPSA) is 52.0 Å². The third-order valence-electron chi connectivity index (χ3n) is 2.06. The van der Waals surface area contributed by atoms with Gasteiger partial charge in [-0.2, -0.15) is 0 Å². The molecule has 0 amide bonds. The molecule has 0 bridgehead atoms. The van der Waals surface area contributed by atoms with Crippen molar-refractivity contribution in [3.63, 3.8) is 0 Å². The second-order valence-corrected chi connectivity index (χ2v) is 5.34. The third kappa shape index (κ3) is 2.53. The lowest BCUT2D eigenvalue weighted by molar-refractivity contribution is 0.473. The Labute approximate surface area is 110 Å². The van der Waals surface area contributed by atoms with Gasteiger partial charge in [-0.1, -0.05) is 31.9 Å². The molecule has 1 aromatic heterocycles. The third-order valence-corrected chi connectivity index (χ3v) is 2.98. The molecule has 1 atom stereocenters. The predicted molar refractivity (Wildman–Crippen MR) is 69.9 cm³/mol. The second kappa shape index (κ2) is 4.69. The molecule has 2 N–H and O–H groups in total. The molecule has 1 aromatic carbocycles. The molecule has 0 fully saturated rings. The van der Waals surface area contributed by atoms with E-state index < -0.39 is 0 Å². The van der Waals surface area contributed by atoms with Gasteiger partial charge < -0.3 is 10.2 Å². The number of nitrogens with zero attached hydrogens (tertiary/aromatic N) is 1. The van der Waals surface area contributed by atoms with Gasteiger partial charge in [0.15, 0.2) is 5.76 Å². The van der Waals surface area contributed by atoms with E-state index in [4.69, 9.17) is 10.2 Å². The van der Waals surface area contributed by atoms with Crippen molar-refractivity contribution in [3.8, 4) is 11.3 Å². The van der Waals surface area contributed by atoms with Crippen LogP contribution in [-0.2, 0) is 0 Å². The van der Waals surface area contributed by atoms with Crippen LogP contribution >= 0.6 is 31.9 Å². The summed E-state index contributed by atoms with van der Waals surface area (Å²) in [6.45, 7) is 1.84. The summed E-state index contributed by atoms with van der Waals surface area (Å²) >= 11 is 6.86. The fraction of sp³-hybridized carbons (Fsp3) is 0.182. The lowest BCUT2D eigenvalue weighted by Gasteiger charge is -2.00. The van der Waals surface area contributed by atoms with E-state index in [2.05, 4.69) is 36.8 Å². The first-order valence-electron chi connectivity index (χ1n) is 4.74. The number of halogens is 2. The molecule has 5 heteroatoms. The lowest BCUT2D eigenvalue weighted by atomic mass is 10.2. The highest BCUT2D eigenvalue weighted by molar-refractivity contribution is 9.11. The number of nitrogens with two attached hydrogens (primary N) is 1. The Morgan fingerprint density at radius 2 is 1.88 bits per heavy atom. The molecule has 0 aliphatic carbocycles. The Bertz CT molecular complexity index is 488. The van der Waals surface area contributed by atoms with E-state index in [1.54, 1.807) is 6.20 Å². The Hall–Kier alpha value is -0.650. The molecule has 0 saturated carbocycles. The van der Waals surface area contributed by atoms with Crippen molar-refractivity contribution in [2.75, 3.05) is 0 Å². The summed E-state index contributed by atoms with van der Waals surface area (Å²) < 4.78 is 7.53. The summed E-state index contributed by atoms with van der Waals surface area (Å²) in [5.74, 6) is 1.26. The molecular formula is C11H10Br2N2O. The minimum absolute atomic E-state index is 0.190. The standard InChI is InChI=1S/C11H10Br2N2O/c1-6(14)11-15-5-10(16-11)7-2-8(12)4-9(13)3-7/h2-6H,14H2,1H3. The van der Waals surface area contributed by atoms with E-state index in [0.29, 0.717) is 11.7 Å². The monoisotopic (exact) mass is 344 g/mol. The molecule has 0 aliphatic heterocycles. The van der Waals surface area contributed by atoms with Crippen molar-refractivity contribution in [1.82, 2.24) is 4.98 Å². The van der Waals surface area contributed by atoms with Crippen molar-refractivity contribution < 1.29 is 4.42 Å². The Morgan fingerprint density at radius 1 is 1.25 bits per heavy atom. The van der Waals surface area contributed by atoms with Gasteiger partial charge in [-0.05, 0) is 25.1 Å². The van der Waals surface area contributed by atoms with Crippen molar-refractivity contribution in [3.05, 3.63) is 39.2 Å². The van der Waals surface area contributed by atoms with Gasteiger partial charge >= 0.3 is 0 Å². The fourth-order valence-electron chi connectivity index (χ4n) is 1.33. The summed E-state index contributed by atoms with van der Waals surface area (Å²) in [7, 11) is 0. The van der Waals surface area contributed by atoms with Crippen LogP contribution in [0.5, 0.6) is 0 Å². The van der Waals surface area contributed by atoms with Gasteiger partial charge in [0.05, 0.1) is 12.2 Å². The van der Waals surface area contributed by atoms with Crippen molar-refractivity contribution in [2.24, 2.45) is 5.73 Å². The summed E-state index contributed by atoms with van der Waals surface area (Å²) in [5, 5.41) is 0. The quantitative estimate of drug-likeness (QED) is 0.898. The highest BCUT2D eigenvalue weighted by Crippen LogP contribution is 2.28. The van der Waals surface area contributed by atoms with Crippen LogP contribution in [0.25, 0.3) is 11.3 Å². The van der Waals surface area contributed by atoms with Crippen LogP contribution in [0.4, 0.5) is 0 Å². The Balaban J connectivity index is 2.42. The van der Waals surface area contributed by atoms with Crippen LogP contribution in [0, 0.1) is 0 Å². The van der Waals surface area contributed by atoms with Gasteiger partial charge in [-0.3, -0.25) is 0 Å². The number of oxazole rings is 1. The zero-order chi connectivity index (χ0) is 11.7. The van der Waals surface area contributed by atoms with E-state index in [9.17, 15) is 0 Å². The number of rotatable bonds is 2. The molecule has 0 radical (unpaired) electrons. The molecule has 2 rings (SSSR count). The highest BCUT2D eigenvalue weighted by Gasteiger charge is 2.10. The zero-order valence-electron chi connectivity index (χ0n) is 8.58. The molecule has 0 spiro atoms. The highest BCUT2D eigenvalue weighted by atomic mass is 79.9. The molecule has 16 heavy (non-hydrogen) atoms. The van der Waals surface area contributed by atoms with E-state index in [1.165, 1.54) is 0 Å². The van der Waals surface area contributed by atoms with Crippen molar-refractivity contribution in [2.45, 2.75) is 13.0 Å². The number of benzene rings is 1. The molecule has 2 aromatic rings. The fourth-order valence-corrected chi connectivity index (χ4v) is 2.62. The van der Waals surface area contributed by atoms with Gasteiger partial charge in [0.25, 0.3) is 0 Å². The van der Waals surface area contributed by atoms with Crippen LogP contribution in [0.3, 0.4) is 0 Å². The predicted octanol–water partition coefficient (Wildman–Crippen LogP) is 3.89. The maximum absolute atomic E-state index is 5.69. The van der Waals surface area contributed by atoms with Gasteiger partial charge in [0, 0.05) is 14.5 Å². The smallest absolute Gasteiger partial charge is 0.211 e. The maximum atomic E-state index is 5.69. The summed E-state index contributed by atoms with van der Waals surface area (Å²) in [5.41, 5.74) is 6.65. The molecule has 0 saturated heterocycles. The van der Waals surface area contributed by atoms with E-state index in [0.717, 1.165) is 14.5 Å². The summed E-state index contributed by atoms with van der Waals surface area (Å²) in [6.07, 6.45) is 1.69. The molecule has 1 unspecified atom stereocenters. The van der Waals surface area contributed by atoms with Gasteiger partial charge in [-0.15, -0.1) is 0 Å². The van der Waals surface area contributed by atoms with Crippen LogP contribution in [0.1, 0.15) is 18.9 Å². The van der Waals surface area contributed by atoms with Crippen molar-refractivity contribution >= 4 is 31.9 Å². The maximum Gasteiger partial charge on any atom is 0.211 e. The van der Waals surface area contributed by atoms with Crippen LogP contribution in [0.2, 0.25) is 0 Å². The van der Waals surface area contributed by atoms with E-state index >= 15 is 0 Å². The SMILES string of the molecule is CC(N)c1ncc(-c2cc(Br)cc(Br)c2)o1. The lowest BCUT2D eigenvalue weighted by Crippen LogP contribution is -2.04. The number of aromatic nitrogens is 1. The van der Waals surface area contributed by atoms with Gasteiger partial charge in [0.2, 0.25) is 5.89 Å². The second-order valence-electron chi connectivity index (χ2n) is 3.51. The number of hydrogen-bond acceptors (Lipinski definition) is 3. The minimum atomic E-state index is -0.190. The Morgan fingerprint density at radius 3 is 2.38 bits per heavy atom. The Kier molecular flexibility index (Phi) is 3.47. The first-order valence-corrected chi connectivity index (χ1v) is 6.32. The molecule has 84 valence electrons. The normalized spacial score (nSPS) is 12.8. The van der Waals surface area contributed by atoms with Crippen molar-refractivity contribution in [1.29, 1.82) is 0 Å². The molecule has 0 aliphatic rings. The van der Waals surface area contributed by atoms with Crippen LogP contribution in [0.15, 0.2) is 37.8 Å². The summed E-state index contributed by atoms with van der Waals surface area (Å²) in [6, 6.07) is 5.71. The minimum Gasteiger partial charge on any atom is -0.439 e. The first-order chi connectivity index (χ1) is 7.56. The van der Waals surface area contributed by atoms with Gasteiger partial charge in [-0.25, -0.2) is 4.98 Å².